The van der Waals surface area contributed by atoms with Crippen LogP contribution < -0.4 is 10.9 Å². The standard InChI is InChI=1S/C22H22N4O4/c27-19(21(29)25-23-15-7-13-17-9-3-1-4-10-17)20(28)22(30)26-24-16-8-14-18-11-5-2-6-12-18/h1-16,19-20,27-28H,(H,25,29)(H,26,30)/b13-7-,14-8-,23-15+,24-16+/t19-,20+. The Morgan fingerprint density at radius 1 is 0.700 bits per heavy atom. The Labute approximate surface area is 174 Å². The third kappa shape index (κ3) is 8.01. The van der Waals surface area contributed by atoms with E-state index in [0.29, 0.717) is 0 Å². The highest BCUT2D eigenvalue weighted by Crippen LogP contribution is 2.00. The van der Waals surface area contributed by atoms with Crippen LogP contribution in [-0.4, -0.2) is 46.7 Å². The second kappa shape index (κ2) is 12.6. The summed E-state index contributed by atoms with van der Waals surface area (Å²) in [6.45, 7) is 0. The average Bonchev–Trinajstić information content (AvgIpc) is 2.78. The van der Waals surface area contributed by atoms with E-state index in [2.05, 4.69) is 10.2 Å². The van der Waals surface area contributed by atoms with Crippen molar-refractivity contribution in [3.05, 3.63) is 83.9 Å². The lowest BCUT2D eigenvalue weighted by molar-refractivity contribution is -0.146. The SMILES string of the molecule is O=C(N/N=C/C=C\c1ccccc1)[C@@H](O)[C@@H](O)C(=O)N/N=C/C=C\c1ccccc1. The molecule has 0 aromatic heterocycles. The number of benzene rings is 2. The molecule has 8 heteroatoms. The first kappa shape index (κ1) is 22.4. The van der Waals surface area contributed by atoms with Crippen LogP contribution in [0.15, 0.2) is 83.0 Å². The van der Waals surface area contributed by atoms with Crippen LogP contribution in [0.4, 0.5) is 0 Å². The van der Waals surface area contributed by atoms with Gasteiger partial charge in [-0.15, -0.1) is 0 Å². The third-order valence-electron chi connectivity index (χ3n) is 3.68. The number of amides is 2. The van der Waals surface area contributed by atoms with Gasteiger partial charge in [-0.2, -0.15) is 10.2 Å². The van der Waals surface area contributed by atoms with Gasteiger partial charge < -0.3 is 10.2 Å². The molecule has 4 N–H and O–H groups in total. The number of carbonyl (C=O) groups is 2. The van der Waals surface area contributed by atoms with Crippen molar-refractivity contribution in [2.45, 2.75) is 12.2 Å². The zero-order valence-electron chi connectivity index (χ0n) is 16.0. The first-order valence-corrected chi connectivity index (χ1v) is 9.03. The van der Waals surface area contributed by atoms with Crippen LogP contribution in [-0.2, 0) is 9.59 Å². The van der Waals surface area contributed by atoms with Crippen molar-refractivity contribution in [2.24, 2.45) is 10.2 Å². The van der Waals surface area contributed by atoms with Crippen molar-refractivity contribution < 1.29 is 19.8 Å². The van der Waals surface area contributed by atoms with Crippen LogP contribution >= 0.6 is 0 Å². The van der Waals surface area contributed by atoms with E-state index in [1.165, 1.54) is 12.4 Å². The number of aliphatic hydroxyl groups is 2. The van der Waals surface area contributed by atoms with Gasteiger partial charge in [0, 0.05) is 12.4 Å². The summed E-state index contributed by atoms with van der Waals surface area (Å²) in [6, 6.07) is 18.9. The van der Waals surface area contributed by atoms with Crippen molar-refractivity contribution in [1.29, 1.82) is 0 Å². The Kier molecular flexibility index (Phi) is 9.38. The summed E-state index contributed by atoms with van der Waals surface area (Å²) >= 11 is 0. The molecule has 0 aliphatic rings. The summed E-state index contributed by atoms with van der Waals surface area (Å²) in [6.07, 6.45) is 5.29. The second-order valence-electron chi connectivity index (χ2n) is 5.94. The number of nitrogens with zero attached hydrogens (tertiary/aromatic N) is 2. The molecule has 2 aromatic carbocycles. The summed E-state index contributed by atoms with van der Waals surface area (Å²) in [5.41, 5.74) is 5.97. The fourth-order valence-corrected chi connectivity index (χ4v) is 2.14. The monoisotopic (exact) mass is 406 g/mol. The van der Waals surface area contributed by atoms with Gasteiger partial charge in [-0.3, -0.25) is 9.59 Å². The molecule has 0 radical (unpaired) electrons. The van der Waals surface area contributed by atoms with Crippen LogP contribution in [0, 0.1) is 0 Å². The molecule has 8 nitrogen and oxygen atoms in total. The molecule has 0 saturated heterocycles. The zero-order chi connectivity index (χ0) is 21.6. The first-order chi connectivity index (χ1) is 14.6. The molecular formula is C22H22N4O4. The Balaban J connectivity index is 1.74. The minimum absolute atomic E-state index is 0.946. The van der Waals surface area contributed by atoms with Gasteiger partial charge in [0.25, 0.3) is 11.8 Å². The largest absolute Gasteiger partial charge is 0.380 e. The zero-order valence-corrected chi connectivity index (χ0v) is 16.0. The normalized spacial score (nSPS) is 13.8. The van der Waals surface area contributed by atoms with E-state index >= 15 is 0 Å². The number of hydrogen-bond acceptors (Lipinski definition) is 6. The number of hydrogen-bond donors (Lipinski definition) is 4. The fourth-order valence-electron chi connectivity index (χ4n) is 2.14. The summed E-state index contributed by atoms with van der Waals surface area (Å²) in [4.78, 5) is 23.5. The quantitative estimate of drug-likeness (QED) is 0.371. The van der Waals surface area contributed by atoms with Gasteiger partial charge >= 0.3 is 0 Å². The van der Waals surface area contributed by atoms with Crippen LogP contribution in [0.5, 0.6) is 0 Å². The van der Waals surface area contributed by atoms with Crippen molar-refractivity contribution >= 4 is 36.4 Å². The van der Waals surface area contributed by atoms with E-state index in [1.807, 2.05) is 71.5 Å². The molecule has 0 bridgehead atoms. The van der Waals surface area contributed by atoms with Gasteiger partial charge in [0.1, 0.15) is 0 Å². The number of nitrogens with one attached hydrogen (secondary N) is 2. The van der Waals surface area contributed by atoms with Gasteiger partial charge in [-0.25, -0.2) is 10.9 Å². The molecule has 0 fully saturated rings. The molecule has 30 heavy (non-hydrogen) atoms. The second-order valence-corrected chi connectivity index (χ2v) is 5.94. The molecule has 0 saturated carbocycles. The number of aliphatic hydroxyl groups excluding tert-OH is 2. The van der Waals surface area contributed by atoms with Crippen molar-refractivity contribution in [3.8, 4) is 0 Å². The van der Waals surface area contributed by atoms with Crippen LogP contribution in [0.25, 0.3) is 12.2 Å². The summed E-state index contributed by atoms with van der Waals surface area (Å²) in [5.74, 6) is -2.06. The van der Waals surface area contributed by atoms with E-state index in [-0.39, 0.29) is 0 Å². The van der Waals surface area contributed by atoms with E-state index in [4.69, 9.17) is 0 Å². The summed E-state index contributed by atoms with van der Waals surface area (Å²) < 4.78 is 0. The lowest BCUT2D eigenvalue weighted by atomic mass is 10.2. The fraction of sp³-hybridized carbons (Fsp3) is 0.0909. The highest BCUT2D eigenvalue weighted by Gasteiger charge is 2.30. The van der Waals surface area contributed by atoms with Crippen molar-refractivity contribution in [3.63, 3.8) is 0 Å². The number of rotatable bonds is 9. The van der Waals surface area contributed by atoms with Gasteiger partial charge in [0.15, 0.2) is 12.2 Å². The minimum atomic E-state index is -2.00. The molecule has 154 valence electrons. The van der Waals surface area contributed by atoms with Crippen LogP contribution in [0.1, 0.15) is 11.1 Å². The molecule has 2 rings (SSSR count). The number of hydrazone groups is 2. The molecule has 0 spiro atoms. The molecule has 0 aliphatic carbocycles. The maximum atomic E-state index is 11.8. The van der Waals surface area contributed by atoms with Gasteiger partial charge in [0.05, 0.1) is 0 Å². The number of allylic oxidation sites excluding steroid dienone is 2. The molecule has 2 atom stereocenters. The van der Waals surface area contributed by atoms with Gasteiger partial charge in [0.2, 0.25) is 0 Å². The maximum absolute atomic E-state index is 11.8. The third-order valence-corrected chi connectivity index (χ3v) is 3.68. The van der Waals surface area contributed by atoms with E-state index < -0.39 is 24.0 Å². The predicted octanol–water partition coefficient (Wildman–Crippen LogP) is 1.34. The Morgan fingerprint density at radius 3 is 1.43 bits per heavy atom. The van der Waals surface area contributed by atoms with Crippen molar-refractivity contribution in [2.75, 3.05) is 0 Å². The minimum Gasteiger partial charge on any atom is -0.380 e. The topological polar surface area (TPSA) is 123 Å². The molecule has 0 heterocycles. The highest BCUT2D eigenvalue weighted by molar-refractivity contribution is 5.91. The van der Waals surface area contributed by atoms with Crippen molar-refractivity contribution in [1.82, 2.24) is 10.9 Å². The predicted molar refractivity (Wildman–Crippen MR) is 116 cm³/mol. The lowest BCUT2D eigenvalue weighted by Gasteiger charge is -2.13. The lowest BCUT2D eigenvalue weighted by Crippen LogP contribution is -2.47. The van der Waals surface area contributed by atoms with E-state index in [9.17, 15) is 19.8 Å². The molecule has 0 aliphatic heterocycles. The highest BCUT2D eigenvalue weighted by atomic mass is 16.3. The maximum Gasteiger partial charge on any atom is 0.272 e. The molecule has 0 unspecified atom stereocenters. The molecule has 2 amide bonds. The Hall–Kier alpha value is -3.88. The Bertz CT molecular complexity index is 847. The van der Waals surface area contributed by atoms with Crippen LogP contribution in [0.2, 0.25) is 0 Å². The first-order valence-electron chi connectivity index (χ1n) is 9.03. The van der Waals surface area contributed by atoms with E-state index in [0.717, 1.165) is 11.1 Å². The van der Waals surface area contributed by atoms with Gasteiger partial charge in [-0.1, -0.05) is 72.8 Å². The molecule has 2 aromatic rings. The molecular weight excluding hydrogens is 384 g/mol. The number of carbonyl (C=O) groups excluding carboxylic acids is 2. The average molecular weight is 406 g/mol. The summed E-state index contributed by atoms with van der Waals surface area (Å²) in [7, 11) is 0. The smallest absolute Gasteiger partial charge is 0.272 e. The van der Waals surface area contributed by atoms with Gasteiger partial charge in [-0.05, 0) is 23.3 Å². The Morgan fingerprint density at radius 2 is 1.07 bits per heavy atom. The summed E-state index contributed by atoms with van der Waals surface area (Å²) in [5, 5.41) is 26.7. The van der Waals surface area contributed by atoms with E-state index in [1.54, 1.807) is 24.3 Å². The van der Waals surface area contributed by atoms with Crippen LogP contribution in [0.3, 0.4) is 0 Å².